The second-order valence-electron chi connectivity index (χ2n) is 7.54. The topological polar surface area (TPSA) is 67.8 Å². The normalized spacial score (nSPS) is 16.3. The highest BCUT2D eigenvalue weighted by Crippen LogP contribution is 2.40. The van der Waals surface area contributed by atoms with Gasteiger partial charge in [0.1, 0.15) is 16.2 Å². The molecular formula is C21H20N4OS3. The number of rotatable bonds is 4. The van der Waals surface area contributed by atoms with Gasteiger partial charge in [0, 0.05) is 10.3 Å². The van der Waals surface area contributed by atoms with Crippen LogP contribution >= 0.6 is 34.4 Å². The minimum atomic E-state index is -0.0599. The van der Waals surface area contributed by atoms with E-state index in [1.165, 1.54) is 40.0 Å². The molecule has 1 aromatic carbocycles. The molecule has 5 rings (SSSR count). The van der Waals surface area contributed by atoms with Crippen molar-refractivity contribution in [3.05, 3.63) is 40.5 Å². The number of hydrogen-bond acceptors (Lipinski definition) is 7. The van der Waals surface area contributed by atoms with Gasteiger partial charge >= 0.3 is 0 Å². The Morgan fingerprint density at radius 2 is 2.21 bits per heavy atom. The summed E-state index contributed by atoms with van der Waals surface area (Å²) < 4.78 is 1.08. The van der Waals surface area contributed by atoms with Gasteiger partial charge in [-0.05, 0) is 55.4 Å². The van der Waals surface area contributed by atoms with Crippen LogP contribution in [-0.4, -0.2) is 26.6 Å². The lowest BCUT2D eigenvalue weighted by molar-refractivity contribution is -0.113. The number of carbonyl (C=O) groups excluding carboxylic acids is 1. The summed E-state index contributed by atoms with van der Waals surface area (Å²) in [6.45, 7) is 4.35. The zero-order valence-corrected chi connectivity index (χ0v) is 18.6. The van der Waals surface area contributed by atoms with E-state index >= 15 is 0 Å². The summed E-state index contributed by atoms with van der Waals surface area (Å²) >= 11 is 4.77. The largest absolute Gasteiger partial charge is 0.301 e. The molecule has 0 radical (unpaired) electrons. The van der Waals surface area contributed by atoms with Crippen LogP contribution in [0.4, 0.5) is 5.13 Å². The predicted octanol–water partition coefficient (Wildman–Crippen LogP) is 5.47. The van der Waals surface area contributed by atoms with Crippen LogP contribution in [-0.2, 0) is 17.6 Å². The lowest BCUT2D eigenvalue weighted by Gasteiger charge is -2.18. The molecule has 0 spiro atoms. The first-order chi connectivity index (χ1) is 14.1. The number of aryl methyl sites for hydroxylation is 2. The molecule has 3 aromatic heterocycles. The molecule has 0 saturated heterocycles. The number of thioether (sulfide) groups is 1. The molecular weight excluding hydrogens is 420 g/mol. The van der Waals surface area contributed by atoms with Crippen molar-refractivity contribution in [3.8, 4) is 0 Å². The smallest absolute Gasteiger partial charge is 0.236 e. The highest BCUT2D eigenvalue weighted by Gasteiger charge is 2.23. The van der Waals surface area contributed by atoms with E-state index in [2.05, 4.69) is 33.3 Å². The average Bonchev–Trinajstić information content (AvgIpc) is 3.25. The number of anilines is 1. The molecule has 1 amide bonds. The van der Waals surface area contributed by atoms with E-state index < -0.39 is 0 Å². The molecule has 1 aliphatic rings. The third-order valence-electron chi connectivity index (χ3n) is 5.19. The highest BCUT2D eigenvalue weighted by atomic mass is 32.2. The highest BCUT2D eigenvalue weighted by molar-refractivity contribution is 8.00. The number of nitrogens with zero attached hydrogens (tertiary/aromatic N) is 3. The number of aromatic nitrogens is 3. The second kappa shape index (κ2) is 7.66. The zero-order valence-electron chi connectivity index (χ0n) is 16.2. The Morgan fingerprint density at radius 3 is 3.10 bits per heavy atom. The maximum Gasteiger partial charge on any atom is 0.236 e. The van der Waals surface area contributed by atoms with Crippen LogP contribution in [0.2, 0.25) is 0 Å². The fourth-order valence-corrected chi connectivity index (χ4v) is 6.84. The maximum absolute atomic E-state index is 12.5. The van der Waals surface area contributed by atoms with Crippen LogP contribution in [0.5, 0.6) is 0 Å². The number of benzene rings is 1. The van der Waals surface area contributed by atoms with Gasteiger partial charge in [-0.15, -0.1) is 11.3 Å². The molecule has 1 unspecified atom stereocenters. The van der Waals surface area contributed by atoms with Crippen molar-refractivity contribution in [2.45, 2.75) is 38.1 Å². The number of nitrogens with one attached hydrogen (secondary N) is 1. The first kappa shape index (κ1) is 19.0. The summed E-state index contributed by atoms with van der Waals surface area (Å²) in [6.07, 6.45) is 5.02. The van der Waals surface area contributed by atoms with Crippen molar-refractivity contribution < 1.29 is 4.79 Å². The van der Waals surface area contributed by atoms with Crippen LogP contribution < -0.4 is 5.32 Å². The molecule has 5 nitrogen and oxygen atoms in total. The molecule has 0 bridgehead atoms. The molecule has 1 aliphatic carbocycles. The summed E-state index contributed by atoms with van der Waals surface area (Å²) in [7, 11) is 0. The van der Waals surface area contributed by atoms with Gasteiger partial charge in [-0.1, -0.05) is 36.1 Å². The summed E-state index contributed by atoms with van der Waals surface area (Å²) in [5.41, 5.74) is 3.49. The molecule has 0 aliphatic heterocycles. The minimum absolute atomic E-state index is 0.0599. The van der Waals surface area contributed by atoms with E-state index in [-0.39, 0.29) is 5.91 Å². The van der Waals surface area contributed by atoms with Crippen molar-refractivity contribution >= 4 is 65.9 Å². The molecule has 0 fully saturated rings. The first-order valence-electron chi connectivity index (χ1n) is 9.62. The van der Waals surface area contributed by atoms with Gasteiger partial charge in [0.15, 0.2) is 5.13 Å². The molecule has 148 valence electrons. The van der Waals surface area contributed by atoms with E-state index in [1.54, 1.807) is 17.7 Å². The Labute approximate surface area is 181 Å². The number of thiophene rings is 1. The van der Waals surface area contributed by atoms with Gasteiger partial charge in [-0.2, -0.15) is 0 Å². The fraction of sp³-hybridized carbons (Fsp3) is 0.333. The summed E-state index contributed by atoms with van der Waals surface area (Å²) in [4.78, 5) is 28.5. The van der Waals surface area contributed by atoms with Crippen molar-refractivity contribution in [3.63, 3.8) is 0 Å². The number of fused-ring (bicyclic) bond motifs is 4. The van der Waals surface area contributed by atoms with Gasteiger partial charge < -0.3 is 5.32 Å². The molecule has 1 atom stereocenters. The molecule has 3 heterocycles. The van der Waals surface area contributed by atoms with Gasteiger partial charge in [0.2, 0.25) is 5.91 Å². The zero-order chi connectivity index (χ0) is 20.0. The average molecular weight is 441 g/mol. The second-order valence-corrected chi connectivity index (χ2v) is 10.6. The van der Waals surface area contributed by atoms with E-state index in [1.807, 2.05) is 19.1 Å². The monoisotopic (exact) mass is 440 g/mol. The predicted molar refractivity (Wildman–Crippen MR) is 122 cm³/mol. The van der Waals surface area contributed by atoms with Crippen molar-refractivity contribution in [1.29, 1.82) is 0 Å². The molecule has 29 heavy (non-hydrogen) atoms. The standard InChI is InChI=1S/C21H20N4OS3/c1-11-4-6-15-14(7-11)24-21(29-15)25-17(26)9-27-19-18-13-5-3-12(2)8-16(13)28-20(18)23-10-22-19/h4,6-7,10,12H,3,5,8-9H2,1-2H3,(H,24,25,26). The first-order valence-corrected chi connectivity index (χ1v) is 12.2. The number of hydrogen-bond donors (Lipinski definition) is 1. The minimum Gasteiger partial charge on any atom is -0.301 e. The van der Waals surface area contributed by atoms with Crippen LogP contribution in [0.15, 0.2) is 29.6 Å². The van der Waals surface area contributed by atoms with Gasteiger partial charge in [0.25, 0.3) is 0 Å². The van der Waals surface area contributed by atoms with E-state index in [4.69, 9.17) is 0 Å². The molecule has 0 saturated carbocycles. The van der Waals surface area contributed by atoms with Gasteiger partial charge in [-0.3, -0.25) is 4.79 Å². The number of carbonyl (C=O) groups is 1. The van der Waals surface area contributed by atoms with E-state index in [9.17, 15) is 4.79 Å². The van der Waals surface area contributed by atoms with Gasteiger partial charge in [0.05, 0.1) is 16.0 Å². The van der Waals surface area contributed by atoms with Crippen LogP contribution in [0.25, 0.3) is 20.4 Å². The quantitative estimate of drug-likeness (QED) is 0.337. The molecule has 8 heteroatoms. The van der Waals surface area contributed by atoms with Crippen LogP contribution in [0, 0.1) is 12.8 Å². The van der Waals surface area contributed by atoms with Crippen molar-refractivity contribution in [2.24, 2.45) is 5.92 Å². The summed E-state index contributed by atoms with van der Waals surface area (Å²) in [6, 6.07) is 6.14. The lowest BCUT2D eigenvalue weighted by atomic mass is 9.89. The number of thiazole rings is 1. The van der Waals surface area contributed by atoms with Crippen LogP contribution in [0.3, 0.4) is 0 Å². The third kappa shape index (κ3) is 3.76. The van der Waals surface area contributed by atoms with Crippen molar-refractivity contribution in [1.82, 2.24) is 15.0 Å². The Hall–Kier alpha value is -2.03. The molecule has 4 aromatic rings. The Balaban J connectivity index is 1.33. The van der Waals surface area contributed by atoms with Crippen LogP contribution in [0.1, 0.15) is 29.3 Å². The lowest BCUT2D eigenvalue weighted by Crippen LogP contribution is -2.14. The van der Waals surface area contributed by atoms with E-state index in [0.717, 1.165) is 49.8 Å². The number of amides is 1. The maximum atomic E-state index is 12.5. The molecule has 1 N–H and O–H groups in total. The van der Waals surface area contributed by atoms with Gasteiger partial charge in [-0.25, -0.2) is 15.0 Å². The fourth-order valence-electron chi connectivity index (χ4n) is 3.74. The summed E-state index contributed by atoms with van der Waals surface area (Å²) in [5.74, 6) is 0.973. The summed E-state index contributed by atoms with van der Waals surface area (Å²) in [5, 5.41) is 5.66. The SMILES string of the molecule is Cc1ccc2sc(NC(=O)CSc3ncnc4sc5c(c34)CCC(C)C5)nc2c1. The Bertz CT molecular complexity index is 1230. The third-order valence-corrected chi connectivity index (χ3v) is 8.29. The Morgan fingerprint density at radius 1 is 1.31 bits per heavy atom. The Kier molecular flexibility index (Phi) is 5.01. The van der Waals surface area contributed by atoms with Crippen molar-refractivity contribution in [2.75, 3.05) is 11.1 Å². The van der Waals surface area contributed by atoms with E-state index in [0.29, 0.717) is 10.9 Å².